The summed E-state index contributed by atoms with van der Waals surface area (Å²) in [5, 5.41) is 7.17. The average Bonchev–Trinajstić information content (AvgIpc) is 2.17. The molecule has 0 amide bonds. The van der Waals surface area contributed by atoms with Crippen molar-refractivity contribution in [2.45, 2.75) is 47.5 Å². The van der Waals surface area contributed by atoms with Crippen LogP contribution in [0.5, 0.6) is 0 Å². The fourth-order valence-corrected chi connectivity index (χ4v) is 2.17. The molecule has 1 heterocycles. The Hall–Kier alpha value is -0.0800. The van der Waals surface area contributed by atoms with E-state index in [0.717, 1.165) is 19.0 Å². The smallest absolute Gasteiger partial charge is 0.00174 e. The van der Waals surface area contributed by atoms with E-state index >= 15 is 0 Å². The summed E-state index contributed by atoms with van der Waals surface area (Å²) in [5.74, 6) is 0.729. The molecule has 2 atom stereocenters. The van der Waals surface area contributed by atoms with Gasteiger partial charge in [-0.25, -0.2) is 0 Å². The monoisotopic (exact) mass is 226 g/mol. The number of piperidine rings is 1. The molecular weight excluding hydrogens is 196 g/mol. The Morgan fingerprint density at radius 2 is 2.06 bits per heavy atom. The summed E-state index contributed by atoms with van der Waals surface area (Å²) in [6, 6.07) is 0. The maximum absolute atomic E-state index is 3.66. The lowest BCUT2D eigenvalue weighted by atomic mass is 9.80. The molecule has 0 aromatic rings. The first kappa shape index (κ1) is 14.0. The van der Waals surface area contributed by atoms with Gasteiger partial charge in [-0.3, -0.25) is 0 Å². The fraction of sp³-hybridized carbons (Fsp3) is 1.00. The highest BCUT2D eigenvalue weighted by Crippen LogP contribution is 2.26. The molecule has 1 fully saturated rings. The van der Waals surface area contributed by atoms with Crippen LogP contribution in [0.25, 0.3) is 0 Å². The second kappa shape index (κ2) is 5.50. The van der Waals surface area contributed by atoms with Crippen molar-refractivity contribution in [1.82, 2.24) is 10.6 Å². The lowest BCUT2D eigenvalue weighted by molar-refractivity contribution is 0.203. The summed E-state index contributed by atoms with van der Waals surface area (Å²) in [6.07, 6.45) is 2.68. The molecule has 96 valence electrons. The molecule has 1 aliphatic heterocycles. The van der Waals surface area contributed by atoms with Crippen LogP contribution in [0.15, 0.2) is 0 Å². The number of hydrogen-bond acceptors (Lipinski definition) is 2. The van der Waals surface area contributed by atoms with Crippen LogP contribution >= 0.6 is 0 Å². The van der Waals surface area contributed by atoms with E-state index in [0.29, 0.717) is 10.8 Å². The highest BCUT2D eigenvalue weighted by molar-refractivity contribution is 4.84. The Labute approximate surface area is 102 Å². The normalized spacial score (nSPS) is 29.1. The van der Waals surface area contributed by atoms with Crippen LogP contribution in [0, 0.1) is 16.7 Å². The van der Waals surface area contributed by atoms with E-state index in [4.69, 9.17) is 0 Å². The molecule has 0 radical (unpaired) electrons. The zero-order valence-corrected chi connectivity index (χ0v) is 11.8. The van der Waals surface area contributed by atoms with Crippen LogP contribution in [0.1, 0.15) is 47.5 Å². The van der Waals surface area contributed by atoms with E-state index < -0.39 is 0 Å². The summed E-state index contributed by atoms with van der Waals surface area (Å²) in [4.78, 5) is 0. The van der Waals surface area contributed by atoms with Crippen LogP contribution in [-0.2, 0) is 0 Å². The van der Waals surface area contributed by atoms with Crippen molar-refractivity contribution in [3.8, 4) is 0 Å². The maximum Gasteiger partial charge on any atom is 0.00174 e. The van der Waals surface area contributed by atoms with Crippen molar-refractivity contribution in [3.63, 3.8) is 0 Å². The average molecular weight is 226 g/mol. The topological polar surface area (TPSA) is 24.1 Å². The number of rotatable bonds is 4. The Morgan fingerprint density at radius 3 is 2.56 bits per heavy atom. The Morgan fingerprint density at radius 1 is 1.38 bits per heavy atom. The molecule has 2 unspecified atom stereocenters. The molecule has 1 rings (SSSR count). The van der Waals surface area contributed by atoms with E-state index in [1.165, 1.54) is 25.9 Å². The third-order valence-electron chi connectivity index (χ3n) is 4.17. The summed E-state index contributed by atoms with van der Waals surface area (Å²) in [7, 11) is 0. The first-order valence-electron chi connectivity index (χ1n) is 6.75. The van der Waals surface area contributed by atoms with E-state index in [2.05, 4.69) is 45.3 Å². The highest BCUT2D eigenvalue weighted by Gasteiger charge is 2.27. The lowest BCUT2D eigenvalue weighted by Gasteiger charge is -2.35. The Balaban J connectivity index is 2.24. The van der Waals surface area contributed by atoms with Crippen LogP contribution < -0.4 is 10.6 Å². The van der Waals surface area contributed by atoms with Gasteiger partial charge in [-0.15, -0.1) is 0 Å². The predicted molar refractivity (Wildman–Crippen MR) is 71.7 cm³/mol. The standard InChI is InChI=1S/C14H30N2/c1-12(13(2,3)4)9-16-11-14(5)7-6-8-15-10-14/h12,15-16H,6-11H2,1-5H3. The summed E-state index contributed by atoms with van der Waals surface area (Å²) in [5.41, 5.74) is 0.884. The molecule has 0 aliphatic carbocycles. The third kappa shape index (κ3) is 4.42. The molecule has 2 heteroatoms. The Kier molecular flexibility index (Phi) is 4.81. The van der Waals surface area contributed by atoms with Crippen molar-refractivity contribution < 1.29 is 0 Å². The number of nitrogens with one attached hydrogen (secondary N) is 2. The van der Waals surface area contributed by atoms with Crippen molar-refractivity contribution in [2.24, 2.45) is 16.7 Å². The minimum Gasteiger partial charge on any atom is -0.316 e. The van der Waals surface area contributed by atoms with Crippen molar-refractivity contribution in [3.05, 3.63) is 0 Å². The summed E-state index contributed by atoms with van der Waals surface area (Å²) in [6.45, 7) is 16.4. The molecule has 1 aliphatic rings. The Bertz CT molecular complexity index is 199. The molecule has 2 nitrogen and oxygen atoms in total. The predicted octanol–water partition coefficient (Wildman–Crippen LogP) is 2.65. The van der Waals surface area contributed by atoms with Gasteiger partial charge in [0, 0.05) is 13.1 Å². The van der Waals surface area contributed by atoms with E-state index in [1.54, 1.807) is 0 Å². The van der Waals surface area contributed by atoms with Gasteiger partial charge in [-0.1, -0.05) is 34.6 Å². The molecule has 16 heavy (non-hydrogen) atoms. The molecule has 1 saturated heterocycles. The second-order valence-corrected chi connectivity index (χ2v) is 6.99. The van der Waals surface area contributed by atoms with Gasteiger partial charge >= 0.3 is 0 Å². The molecule has 0 saturated carbocycles. The van der Waals surface area contributed by atoms with E-state index in [-0.39, 0.29) is 0 Å². The summed E-state index contributed by atoms with van der Waals surface area (Å²) >= 11 is 0. The van der Waals surface area contributed by atoms with Crippen molar-refractivity contribution in [1.29, 1.82) is 0 Å². The second-order valence-electron chi connectivity index (χ2n) is 6.99. The van der Waals surface area contributed by atoms with Crippen LogP contribution in [-0.4, -0.2) is 26.2 Å². The lowest BCUT2D eigenvalue weighted by Crippen LogP contribution is -2.45. The van der Waals surface area contributed by atoms with Crippen LogP contribution in [0.3, 0.4) is 0 Å². The van der Waals surface area contributed by atoms with Gasteiger partial charge in [0.15, 0.2) is 0 Å². The van der Waals surface area contributed by atoms with E-state index in [1.807, 2.05) is 0 Å². The summed E-state index contributed by atoms with van der Waals surface area (Å²) < 4.78 is 0. The fourth-order valence-electron chi connectivity index (χ4n) is 2.17. The molecule has 0 aromatic carbocycles. The van der Waals surface area contributed by atoms with Crippen LogP contribution in [0.2, 0.25) is 0 Å². The van der Waals surface area contributed by atoms with Gasteiger partial charge in [0.2, 0.25) is 0 Å². The zero-order chi connectivity index (χ0) is 12.2. The van der Waals surface area contributed by atoms with Crippen molar-refractivity contribution >= 4 is 0 Å². The molecule has 0 aromatic heterocycles. The van der Waals surface area contributed by atoms with E-state index in [9.17, 15) is 0 Å². The number of hydrogen-bond donors (Lipinski definition) is 2. The molecular formula is C14H30N2. The van der Waals surface area contributed by atoms with Gasteiger partial charge in [-0.2, -0.15) is 0 Å². The van der Waals surface area contributed by atoms with Gasteiger partial charge in [-0.05, 0) is 42.7 Å². The van der Waals surface area contributed by atoms with Crippen molar-refractivity contribution in [2.75, 3.05) is 26.2 Å². The zero-order valence-electron chi connectivity index (χ0n) is 11.8. The quantitative estimate of drug-likeness (QED) is 0.770. The first-order chi connectivity index (χ1) is 7.33. The molecule has 0 spiro atoms. The largest absolute Gasteiger partial charge is 0.316 e. The minimum absolute atomic E-state index is 0.415. The highest BCUT2D eigenvalue weighted by atomic mass is 14.9. The van der Waals surface area contributed by atoms with Gasteiger partial charge in [0.25, 0.3) is 0 Å². The SMILES string of the molecule is CC(CNCC1(C)CCCNC1)C(C)(C)C. The van der Waals surface area contributed by atoms with Gasteiger partial charge in [0.05, 0.1) is 0 Å². The van der Waals surface area contributed by atoms with Crippen LogP contribution in [0.4, 0.5) is 0 Å². The minimum atomic E-state index is 0.415. The maximum atomic E-state index is 3.66. The first-order valence-corrected chi connectivity index (χ1v) is 6.75. The third-order valence-corrected chi connectivity index (χ3v) is 4.17. The van der Waals surface area contributed by atoms with Gasteiger partial charge < -0.3 is 10.6 Å². The molecule has 2 N–H and O–H groups in total. The van der Waals surface area contributed by atoms with Gasteiger partial charge in [0.1, 0.15) is 0 Å². The molecule has 0 bridgehead atoms.